The summed E-state index contributed by atoms with van der Waals surface area (Å²) < 4.78 is 68.7. The molecule has 0 fully saturated rings. The Morgan fingerprint density at radius 2 is 0.529 bits per heavy atom. The minimum atomic E-state index is -4.97. The fourth-order valence-electron chi connectivity index (χ4n) is 12.3. The topological polar surface area (TPSA) is 237 Å². The first-order chi connectivity index (χ1) is 49.2. The number of phosphoric ester groups is 2. The minimum Gasteiger partial charge on any atom is -0.462 e. The molecule has 0 aromatic carbocycles. The zero-order chi connectivity index (χ0) is 75.1. The number of carbonyl (C=O) groups excluding carboxylic acids is 4. The highest BCUT2D eigenvalue weighted by atomic mass is 31.2. The molecule has 3 unspecified atom stereocenters. The maximum atomic E-state index is 13.1. The molecule has 0 aromatic rings. The number of aliphatic hydroxyl groups excluding tert-OH is 1. The number of phosphoric acid groups is 2. The first kappa shape index (κ1) is 99.5. The van der Waals surface area contributed by atoms with E-state index >= 15 is 0 Å². The predicted molar refractivity (Wildman–Crippen MR) is 418 cm³/mol. The van der Waals surface area contributed by atoms with Crippen molar-refractivity contribution in [3.8, 4) is 0 Å². The Balaban J connectivity index is 5.24. The molecule has 17 nitrogen and oxygen atoms in total. The molecule has 0 saturated heterocycles. The number of rotatable bonds is 79. The summed E-state index contributed by atoms with van der Waals surface area (Å²) in [6.07, 6.45) is 64.8. The highest BCUT2D eigenvalue weighted by Gasteiger charge is 2.30. The van der Waals surface area contributed by atoms with Crippen LogP contribution in [0.2, 0.25) is 0 Å². The van der Waals surface area contributed by atoms with Crippen LogP contribution in [0, 0.1) is 17.8 Å². The van der Waals surface area contributed by atoms with Crippen molar-refractivity contribution >= 4 is 39.5 Å². The number of unbranched alkanes of at least 4 members (excludes halogenated alkanes) is 44. The average Bonchev–Trinajstić information content (AvgIpc) is 0.908. The van der Waals surface area contributed by atoms with Gasteiger partial charge in [-0.1, -0.05) is 355 Å². The number of aliphatic hydroxyl groups is 1. The van der Waals surface area contributed by atoms with Crippen molar-refractivity contribution in [1.82, 2.24) is 0 Å². The standard InChI is InChI=1S/C83H158O17P2/c1-8-9-10-11-12-13-14-15-20-27-32-37-42-50-57-64-80(85)93-70-78(99-82(87)66-59-52-43-38-33-28-23-18-16-21-25-30-35-40-47-54-61-74(2)3)72-97-101(89,90)95-68-77(84)69-96-102(91,92)98-73-79(71-94-81(86)65-58-51-46-45-49-56-63-76(6)7)100-83(88)67-60-53-44-39-34-29-24-19-17-22-26-31-36-41-48-55-62-75(4)5/h13-15,20,74-79,84H,8-12,16-19,21-73H2,1-7H3,(H,89,90)(H,91,92)/b14-13-,20-15-/t77?,78-,79-/m1/s1. The first-order valence-electron chi connectivity index (χ1n) is 42.2. The van der Waals surface area contributed by atoms with Crippen LogP contribution in [0.4, 0.5) is 0 Å². The molecule has 5 atom stereocenters. The van der Waals surface area contributed by atoms with Crippen molar-refractivity contribution < 1.29 is 80.2 Å². The fraction of sp³-hybridized carbons (Fsp3) is 0.904. The van der Waals surface area contributed by atoms with Crippen molar-refractivity contribution in [2.75, 3.05) is 39.6 Å². The Labute approximate surface area is 624 Å². The highest BCUT2D eigenvalue weighted by Crippen LogP contribution is 2.45. The van der Waals surface area contributed by atoms with Gasteiger partial charge in [-0.3, -0.25) is 37.3 Å². The molecule has 0 aromatic heterocycles. The Morgan fingerprint density at radius 3 is 0.794 bits per heavy atom. The molecular formula is C83H158O17P2. The van der Waals surface area contributed by atoms with E-state index in [0.717, 1.165) is 127 Å². The molecule has 19 heteroatoms. The molecule has 0 bridgehead atoms. The van der Waals surface area contributed by atoms with Crippen LogP contribution >= 0.6 is 15.6 Å². The second-order valence-electron chi connectivity index (χ2n) is 30.6. The minimum absolute atomic E-state index is 0.101. The Hall–Kier alpha value is -2.46. The largest absolute Gasteiger partial charge is 0.472 e. The zero-order valence-corrected chi connectivity index (χ0v) is 68.4. The smallest absolute Gasteiger partial charge is 0.462 e. The van der Waals surface area contributed by atoms with Gasteiger partial charge in [0.05, 0.1) is 26.4 Å². The number of hydrogen-bond donors (Lipinski definition) is 3. The van der Waals surface area contributed by atoms with Gasteiger partial charge in [-0.05, 0) is 69.1 Å². The van der Waals surface area contributed by atoms with Crippen molar-refractivity contribution in [3.05, 3.63) is 24.3 Å². The van der Waals surface area contributed by atoms with Crippen LogP contribution in [0.5, 0.6) is 0 Å². The fourth-order valence-corrected chi connectivity index (χ4v) is 13.9. The lowest BCUT2D eigenvalue weighted by atomic mass is 10.0. The number of carbonyl (C=O) groups is 4. The lowest BCUT2D eigenvalue weighted by Crippen LogP contribution is -2.30. The Morgan fingerprint density at radius 1 is 0.304 bits per heavy atom. The maximum Gasteiger partial charge on any atom is 0.472 e. The van der Waals surface area contributed by atoms with Gasteiger partial charge in [0.2, 0.25) is 0 Å². The van der Waals surface area contributed by atoms with E-state index in [1.807, 2.05) is 0 Å². The summed E-state index contributed by atoms with van der Waals surface area (Å²) in [5.74, 6) is 0.152. The molecule has 602 valence electrons. The number of allylic oxidation sites excluding steroid dienone is 4. The van der Waals surface area contributed by atoms with Gasteiger partial charge in [-0.25, -0.2) is 9.13 Å². The van der Waals surface area contributed by atoms with E-state index in [-0.39, 0.29) is 25.7 Å². The molecule has 0 amide bonds. The van der Waals surface area contributed by atoms with Crippen molar-refractivity contribution in [2.24, 2.45) is 17.8 Å². The molecule has 0 heterocycles. The Bertz CT molecular complexity index is 2070. The van der Waals surface area contributed by atoms with Gasteiger partial charge in [0.15, 0.2) is 12.2 Å². The number of esters is 4. The van der Waals surface area contributed by atoms with E-state index in [1.165, 1.54) is 193 Å². The van der Waals surface area contributed by atoms with Gasteiger partial charge in [0.25, 0.3) is 0 Å². The van der Waals surface area contributed by atoms with Crippen LogP contribution in [0.25, 0.3) is 0 Å². The molecule has 102 heavy (non-hydrogen) atoms. The number of ether oxygens (including phenoxy) is 4. The van der Waals surface area contributed by atoms with E-state index in [9.17, 15) is 43.2 Å². The SMILES string of the molecule is CCCCCC/C=C\C=C/CCCCCCCC(=O)OC[C@H](COP(=O)(O)OCC(O)COP(=O)(O)OC[C@@H](COC(=O)CCCCCCCCC(C)C)OC(=O)CCCCCCCCCCCCCCCCCCC(C)C)OC(=O)CCCCCCCCCCCCCCCCCCC(C)C. The van der Waals surface area contributed by atoms with Crippen LogP contribution in [0.15, 0.2) is 24.3 Å². The third kappa shape index (κ3) is 75.8. The zero-order valence-electron chi connectivity index (χ0n) is 66.6. The van der Waals surface area contributed by atoms with Crippen LogP contribution in [-0.2, 0) is 65.4 Å². The quantitative estimate of drug-likeness (QED) is 0.0169. The third-order valence-corrected chi connectivity index (χ3v) is 20.7. The molecule has 3 N–H and O–H groups in total. The first-order valence-corrected chi connectivity index (χ1v) is 45.2. The van der Waals surface area contributed by atoms with E-state index in [0.29, 0.717) is 31.6 Å². The second kappa shape index (κ2) is 72.7. The van der Waals surface area contributed by atoms with Gasteiger partial charge in [-0.2, -0.15) is 0 Å². The van der Waals surface area contributed by atoms with E-state index in [4.69, 9.17) is 37.0 Å². The molecule has 0 saturated carbocycles. The van der Waals surface area contributed by atoms with Gasteiger partial charge in [0, 0.05) is 25.7 Å². The van der Waals surface area contributed by atoms with Crippen molar-refractivity contribution in [1.29, 1.82) is 0 Å². The summed E-state index contributed by atoms with van der Waals surface area (Å²) in [5.41, 5.74) is 0. The van der Waals surface area contributed by atoms with E-state index in [1.54, 1.807) is 0 Å². The molecule has 0 radical (unpaired) electrons. The van der Waals surface area contributed by atoms with Crippen LogP contribution in [0.3, 0.4) is 0 Å². The van der Waals surface area contributed by atoms with Crippen LogP contribution in [-0.4, -0.2) is 96.7 Å². The van der Waals surface area contributed by atoms with Gasteiger partial charge in [-0.15, -0.1) is 0 Å². The summed E-state index contributed by atoms with van der Waals surface area (Å²) in [7, 11) is -9.93. The van der Waals surface area contributed by atoms with Gasteiger partial charge in [0.1, 0.15) is 19.3 Å². The monoisotopic (exact) mass is 1490 g/mol. The average molecular weight is 1490 g/mol. The molecule has 0 aliphatic carbocycles. The second-order valence-corrected chi connectivity index (χ2v) is 33.5. The summed E-state index contributed by atoms with van der Waals surface area (Å²) in [5, 5.41) is 10.6. The lowest BCUT2D eigenvalue weighted by molar-refractivity contribution is -0.161. The van der Waals surface area contributed by atoms with Crippen molar-refractivity contribution in [3.63, 3.8) is 0 Å². The van der Waals surface area contributed by atoms with Crippen molar-refractivity contribution in [2.45, 2.75) is 426 Å². The van der Waals surface area contributed by atoms with E-state index in [2.05, 4.69) is 72.8 Å². The number of hydrogen-bond acceptors (Lipinski definition) is 15. The molecule has 0 rings (SSSR count). The maximum absolute atomic E-state index is 13.1. The summed E-state index contributed by atoms with van der Waals surface area (Å²) in [6.45, 7) is 11.9. The summed E-state index contributed by atoms with van der Waals surface area (Å²) in [6, 6.07) is 0. The van der Waals surface area contributed by atoms with E-state index < -0.39 is 97.5 Å². The summed E-state index contributed by atoms with van der Waals surface area (Å²) >= 11 is 0. The van der Waals surface area contributed by atoms with Crippen LogP contribution in [0.1, 0.15) is 408 Å². The van der Waals surface area contributed by atoms with Gasteiger partial charge < -0.3 is 33.8 Å². The molecular weight excluding hydrogens is 1330 g/mol. The normalized spacial score (nSPS) is 14.1. The highest BCUT2D eigenvalue weighted by molar-refractivity contribution is 7.47. The lowest BCUT2D eigenvalue weighted by Gasteiger charge is -2.21. The predicted octanol–water partition coefficient (Wildman–Crippen LogP) is 24.5. The summed E-state index contributed by atoms with van der Waals surface area (Å²) in [4.78, 5) is 73.0. The molecule has 0 aliphatic heterocycles. The molecule has 0 aliphatic rings. The Kier molecular flexibility index (Phi) is 71.0. The van der Waals surface area contributed by atoms with Crippen LogP contribution < -0.4 is 0 Å². The third-order valence-electron chi connectivity index (χ3n) is 18.8. The van der Waals surface area contributed by atoms with Gasteiger partial charge >= 0.3 is 39.5 Å². The molecule has 0 spiro atoms.